The second kappa shape index (κ2) is 5.40. The number of non-ortho nitro benzene ring substituents is 1. The highest BCUT2D eigenvalue weighted by Crippen LogP contribution is 2.34. The number of alkyl halides is 3. The van der Waals surface area contributed by atoms with Crippen molar-refractivity contribution in [1.29, 1.82) is 0 Å². The van der Waals surface area contributed by atoms with Crippen molar-refractivity contribution in [2.45, 2.75) is 25.6 Å². The first-order chi connectivity index (χ1) is 9.03. The van der Waals surface area contributed by atoms with Gasteiger partial charge in [-0.3, -0.25) is 10.1 Å². The molecule has 20 heavy (non-hydrogen) atoms. The summed E-state index contributed by atoms with van der Waals surface area (Å²) >= 11 is 0. The molecule has 0 aliphatic carbocycles. The Hall–Kier alpha value is -2.25. The van der Waals surface area contributed by atoms with Crippen LogP contribution in [0.5, 0.6) is 5.75 Å². The zero-order valence-electron chi connectivity index (χ0n) is 10.7. The molecule has 0 fully saturated rings. The quantitative estimate of drug-likeness (QED) is 0.470. The Morgan fingerprint density at radius 3 is 2.15 bits per heavy atom. The van der Waals surface area contributed by atoms with Crippen LogP contribution >= 0.6 is 0 Å². The van der Waals surface area contributed by atoms with Crippen molar-refractivity contribution in [3.05, 3.63) is 46.9 Å². The molecule has 0 aromatic heterocycles. The van der Waals surface area contributed by atoms with Crippen molar-refractivity contribution in [2.75, 3.05) is 0 Å². The molecule has 0 amide bonds. The normalized spacial score (nSPS) is 11.8. The van der Waals surface area contributed by atoms with Crippen LogP contribution in [0.1, 0.15) is 13.8 Å². The lowest BCUT2D eigenvalue weighted by molar-refractivity contribution is -0.384. The first-order valence-electron chi connectivity index (χ1n) is 5.40. The van der Waals surface area contributed by atoms with E-state index >= 15 is 0 Å². The van der Waals surface area contributed by atoms with Crippen molar-refractivity contribution < 1.29 is 27.6 Å². The highest BCUT2D eigenvalue weighted by atomic mass is 19.4. The van der Waals surface area contributed by atoms with Gasteiger partial charge in [0.2, 0.25) is 5.60 Å². The molecule has 0 saturated carbocycles. The first-order valence-corrected chi connectivity index (χ1v) is 5.40. The highest BCUT2D eigenvalue weighted by molar-refractivity contribution is 5.36. The molecule has 0 aliphatic rings. The van der Waals surface area contributed by atoms with Crippen LogP contribution in [-0.2, 0) is 4.74 Å². The maximum Gasteiger partial charge on any atom is 0.427 e. The molecule has 110 valence electrons. The van der Waals surface area contributed by atoms with Crippen LogP contribution in [0.15, 0.2) is 36.8 Å². The minimum Gasteiger partial charge on any atom is -0.450 e. The number of rotatable bonds is 5. The lowest BCUT2D eigenvalue weighted by Gasteiger charge is -2.29. The average Bonchev–Trinajstić information content (AvgIpc) is 2.27. The lowest BCUT2D eigenvalue weighted by Crippen LogP contribution is -2.42. The van der Waals surface area contributed by atoms with Crippen molar-refractivity contribution in [1.82, 2.24) is 0 Å². The second-order valence-electron chi connectivity index (χ2n) is 4.34. The van der Waals surface area contributed by atoms with Gasteiger partial charge in [0.25, 0.3) is 11.6 Å². The molecule has 0 radical (unpaired) electrons. The van der Waals surface area contributed by atoms with Gasteiger partial charge >= 0.3 is 6.18 Å². The van der Waals surface area contributed by atoms with E-state index in [-0.39, 0.29) is 11.4 Å². The molecule has 0 aliphatic heterocycles. The van der Waals surface area contributed by atoms with Gasteiger partial charge in [-0.25, -0.2) is 0 Å². The number of hydrogen-bond donors (Lipinski definition) is 0. The van der Waals surface area contributed by atoms with Crippen LogP contribution in [0.25, 0.3) is 0 Å². The van der Waals surface area contributed by atoms with E-state index in [9.17, 15) is 23.3 Å². The third kappa shape index (κ3) is 3.87. The van der Waals surface area contributed by atoms with Crippen molar-refractivity contribution >= 4 is 5.69 Å². The Labute approximate surface area is 112 Å². The summed E-state index contributed by atoms with van der Waals surface area (Å²) in [5.74, 6) is -0.472. The molecule has 0 atom stereocenters. The number of nitro benzene ring substituents is 1. The largest absolute Gasteiger partial charge is 0.450 e. The van der Waals surface area contributed by atoms with Gasteiger partial charge in [-0.15, -0.1) is 0 Å². The Balaban J connectivity index is 2.70. The zero-order chi connectivity index (χ0) is 15.6. The van der Waals surface area contributed by atoms with E-state index in [0.717, 1.165) is 26.0 Å². The maximum atomic E-state index is 12.6. The zero-order valence-corrected chi connectivity index (χ0v) is 10.7. The summed E-state index contributed by atoms with van der Waals surface area (Å²) in [6, 6.07) is 4.76. The minimum absolute atomic E-state index is 0.0820. The van der Waals surface area contributed by atoms with Gasteiger partial charge in [-0.1, -0.05) is 0 Å². The molecule has 0 saturated heterocycles. The number of hydrogen-bond acceptors (Lipinski definition) is 4. The first kappa shape index (κ1) is 15.8. The molecule has 8 heteroatoms. The Morgan fingerprint density at radius 2 is 1.75 bits per heavy atom. The summed E-state index contributed by atoms with van der Waals surface area (Å²) in [7, 11) is 0. The van der Waals surface area contributed by atoms with E-state index in [1.807, 2.05) is 0 Å². The minimum atomic E-state index is -4.59. The van der Waals surface area contributed by atoms with E-state index in [4.69, 9.17) is 4.74 Å². The molecule has 0 bridgehead atoms. The highest BCUT2D eigenvalue weighted by Gasteiger charge is 2.50. The maximum absolute atomic E-state index is 12.6. The third-order valence-corrected chi connectivity index (χ3v) is 2.33. The average molecular weight is 291 g/mol. The van der Waals surface area contributed by atoms with Crippen LogP contribution in [0.2, 0.25) is 0 Å². The van der Waals surface area contributed by atoms with Gasteiger partial charge in [0.15, 0.2) is 0 Å². The summed E-state index contributed by atoms with van der Waals surface area (Å²) in [5.41, 5.74) is -2.62. The standard InChI is InChI=1S/C12H12F3NO4/c1-8(20-11(2,3)12(13,14)15)19-10-6-4-9(5-7-10)16(17)18/h4-7H,1H2,2-3H3. The SMILES string of the molecule is C=C(Oc1ccc([N+](=O)[O-])cc1)OC(C)(C)C(F)(F)F. The Bertz CT molecular complexity index is 508. The van der Waals surface area contributed by atoms with Gasteiger partial charge in [-0.2, -0.15) is 13.2 Å². The number of halogens is 3. The molecule has 1 aromatic carbocycles. The van der Waals surface area contributed by atoms with Crippen LogP contribution in [0, 0.1) is 10.1 Å². The summed E-state index contributed by atoms with van der Waals surface area (Å²) in [6.07, 6.45) is -4.59. The van der Waals surface area contributed by atoms with Crippen LogP contribution in [0.3, 0.4) is 0 Å². The fourth-order valence-corrected chi connectivity index (χ4v) is 1.13. The molecule has 0 spiro atoms. The monoisotopic (exact) mass is 291 g/mol. The summed E-state index contributed by atoms with van der Waals surface area (Å²) in [4.78, 5) is 9.82. The summed E-state index contributed by atoms with van der Waals surface area (Å²) < 4.78 is 47.3. The van der Waals surface area contributed by atoms with Crippen molar-refractivity contribution in [3.8, 4) is 5.75 Å². The van der Waals surface area contributed by atoms with Crippen LogP contribution in [0.4, 0.5) is 18.9 Å². The summed E-state index contributed by atoms with van der Waals surface area (Å²) in [5, 5.41) is 10.4. The molecule has 5 nitrogen and oxygen atoms in total. The van der Waals surface area contributed by atoms with Gasteiger partial charge in [-0.05, 0) is 32.6 Å². The number of nitrogens with zero attached hydrogens (tertiary/aromatic N) is 1. The fraction of sp³-hybridized carbons (Fsp3) is 0.333. The van der Waals surface area contributed by atoms with Gasteiger partial charge in [0.05, 0.1) is 4.92 Å². The smallest absolute Gasteiger partial charge is 0.427 e. The number of ether oxygens (including phenoxy) is 2. The number of benzene rings is 1. The predicted molar refractivity (Wildman–Crippen MR) is 64.1 cm³/mol. The van der Waals surface area contributed by atoms with Crippen LogP contribution < -0.4 is 4.74 Å². The third-order valence-electron chi connectivity index (χ3n) is 2.33. The molecular formula is C12H12F3NO4. The van der Waals surface area contributed by atoms with Gasteiger partial charge in [0, 0.05) is 12.1 Å². The van der Waals surface area contributed by atoms with E-state index in [2.05, 4.69) is 11.3 Å². The van der Waals surface area contributed by atoms with Crippen LogP contribution in [-0.4, -0.2) is 16.7 Å². The van der Waals surface area contributed by atoms with Crippen molar-refractivity contribution in [3.63, 3.8) is 0 Å². The Morgan fingerprint density at radius 1 is 1.25 bits per heavy atom. The Kier molecular flexibility index (Phi) is 4.26. The fourth-order valence-electron chi connectivity index (χ4n) is 1.13. The van der Waals surface area contributed by atoms with Gasteiger partial charge in [0.1, 0.15) is 5.75 Å². The predicted octanol–water partition coefficient (Wildman–Crippen LogP) is 3.80. The molecule has 1 rings (SSSR count). The van der Waals surface area contributed by atoms with E-state index in [1.54, 1.807) is 0 Å². The topological polar surface area (TPSA) is 61.6 Å². The second-order valence-corrected chi connectivity index (χ2v) is 4.34. The molecular weight excluding hydrogens is 279 g/mol. The summed E-state index contributed by atoms with van der Waals surface area (Å²) in [6.45, 7) is 4.89. The molecule has 0 heterocycles. The molecule has 0 unspecified atom stereocenters. The molecule has 0 N–H and O–H groups in total. The molecule has 1 aromatic rings. The van der Waals surface area contributed by atoms with E-state index in [0.29, 0.717) is 0 Å². The van der Waals surface area contributed by atoms with Gasteiger partial charge < -0.3 is 9.47 Å². The lowest BCUT2D eigenvalue weighted by atomic mass is 10.1. The van der Waals surface area contributed by atoms with E-state index < -0.39 is 22.6 Å². The number of nitro groups is 1. The van der Waals surface area contributed by atoms with Crippen molar-refractivity contribution in [2.24, 2.45) is 0 Å². The van der Waals surface area contributed by atoms with E-state index in [1.165, 1.54) is 12.1 Å².